The van der Waals surface area contributed by atoms with E-state index in [1.807, 2.05) is 6.07 Å². The largest absolute Gasteiger partial charge is 0.326 e. The Morgan fingerprint density at radius 3 is 2.56 bits per heavy atom. The lowest BCUT2D eigenvalue weighted by atomic mass is 10.0. The van der Waals surface area contributed by atoms with Crippen LogP contribution in [0.3, 0.4) is 0 Å². The molecule has 0 spiro atoms. The van der Waals surface area contributed by atoms with Gasteiger partial charge in [0.05, 0.1) is 0 Å². The van der Waals surface area contributed by atoms with Gasteiger partial charge in [0.25, 0.3) is 0 Å². The highest BCUT2D eigenvalue weighted by atomic mass is 79.9. The summed E-state index contributed by atoms with van der Waals surface area (Å²) in [7, 11) is 0. The molecule has 1 rings (SSSR count). The Bertz CT molecular complexity index is 318. The van der Waals surface area contributed by atoms with Crippen molar-refractivity contribution in [3.05, 3.63) is 34.3 Å². The van der Waals surface area contributed by atoms with Gasteiger partial charge in [0.2, 0.25) is 0 Å². The van der Waals surface area contributed by atoms with E-state index in [0.29, 0.717) is 0 Å². The average Bonchev–Trinajstić information content (AvgIpc) is 2.18. The van der Waals surface area contributed by atoms with Crippen LogP contribution in [0.15, 0.2) is 28.7 Å². The number of nitrogens with one attached hydrogen (secondary N) is 1. The second kappa shape index (κ2) is 6.38. The molecule has 0 amide bonds. The standard InChI is InChI=1S/C13H21BrN2/c1-13(2,15)8-10-16-9-7-11-5-3-4-6-12(11)14/h3-6,16H,7-10,15H2,1-2H3. The third-order valence-electron chi connectivity index (χ3n) is 2.48. The number of hydrogen-bond donors (Lipinski definition) is 2. The van der Waals surface area contributed by atoms with E-state index in [9.17, 15) is 0 Å². The molecule has 0 saturated carbocycles. The van der Waals surface area contributed by atoms with Crippen molar-refractivity contribution in [2.75, 3.05) is 13.1 Å². The number of halogens is 1. The molecule has 0 atom stereocenters. The molecule has 0 heterocycles. The van der Waals surface area contributed by atoms with Crippen LogP contribution in [0.1, 0.15) is 25.8 Å². The normalized spacial score (nSPS) is 11.8. The number of benzene rings is 1. The predicted octanol–water partition coefficient (Wildman–Crippen LogP) is 2.71. The zero-order chi connectivity index (χ0) is 12.0. The Kier molecular flexibility index (Phi) is 5.46. The topological polar surface area (TPSA) is 38.0 Å². The molecule has 0 unspecified atom stereocenters. The first-order valence-electron chi connectivity index (χ1n) is 5.72. The van der Waals surface area contributed by atoms with Crippen LogP contribution in [0.4, 0.5) is 0 Å². The third-order valence-corrected chi connectivity index (χ3v) is 3.25. The van der Waals surface area contributed by atoms with Gasteiger partial charge >= 0.3 is 0 Å². The minimum absolute atomic E-state index is 0.0691. The van der Waals surface area contributed by atoms with Gasteiger partial charge in [-0.25, -0.2) is 0 Å². The fourth-order valence-electron chi connectivity index (χ4n) is 1.46. The minimum Gasteiger partial charge on any atom is -0.326 e. The van der Waals surface area contributed by atoms with Crippen molar-refractivity contribution in [2.24, 2.45) is 5.73 Å². The van der Waals surface area contributed by atoms with Crippen LogP contribution in [0.5, 0.6) is 0 Å². The van der Waals surface area contributed by atoms with Crippen LogP contribution in [-0.2, 0) is 6.42 Å². The van der Waals surface area contributed by atoms with Gasteiger partial charge in [0.15, 0.2) is 0 Å². The molecule has 0 bridgehead atoms. The summed E-state index contributed by atoms with van der Waals surface area (Å²) in [5.41, 5.74) is 7.19. The molecule has 0 aromatic heterocycles. The van der Waals surface area contributed by atoms with E-state index >= 15 is 0 Å². The van der Waals surface area contributed by atoms with Crippen LogP contribution < -0.4 is 11.1 Å². The zero-order valence-corrected chi connectivity index (χ0v) is 11.7. The minimum atomic E-state index is -0.0691. The molecule has 2 nitrogen and oxygen atoms in total. The molecule has 0 aliphatic carbocycles. The molecular weight excluding hydrogens is 264 g/mol. The summed E-state index contributed by atoms with van der Waals surface area (Å²) in [6.07, 6.45) is 2.05. The molecule has 3 N–H and O–H groups in total. The van der Waals surface area contributed by atoms with Crippen molar-refractivity contribution in [1.29, 1.82) is 0 Å². The number of nitrogens with two attached hydrogens (primary N) is 1. The van der Waals surface area contributed by atoms with E-state index in [4.69, 9.17) is 5.73 Å². The molecular formula is C13H21BrN2. The highest BCUT2D eigenvalue weighted by Crippen LogP contribution is 2.15. The first-order valence-corrected chi connectivity index (χ1v) is 6.51. The highest BCUT2D eigenvalue weighted by molar-refractivity contribution is 9.10. The first kappa shape index (κ1) is 13.7. The molecule has 90 valence electrons. The Hall–Kier alpha value is -0.380. The molecule has 0 aliphatic heterocycles. The van der Waals surface area contributed by atoms with Crippen LogP contribution in [-0.4, -0.2) is 18.6 Å². The molecule has 16 heavy (non-hydrogen) atoms. The quantitative estimate of drug-likeness (QED) is 0.789. The van der Waals surface area contributed by atoms with Crippen LogP contribution >= 0.6 is 15.9 Å². The Morgan fingerprint density at radius 1 is 1.25 bits per heavy atom. The SMILES string of the molecule is CC(C)(N)CCNCCc1ccccc1Br. The summed E-state index contributed by atoms with van der Waals surface area (Å²) in [6.45, 7) is 6.09. The summed E-state index contributed by atoms with van der Waals surface area (Å²) in [4.78, 5) is 0. The van der Waals surface area contributed by atoms with Crippen molar-refractivity contribution in [3.63, 3.8) is 0 Å². The van der Waals surface area contributed by atoms with Gasteiger partial charge in [-0.2, -0.15) is 0 Å². The fraction of sp³-hybridized carbons (Fsp3) is 0.538. The van der Waals surface area contributed by atoms with E-state index in [1.165, 1.54) is 10.0 Å². The van der Waals surface area contributed by atoms with Crippen molar-refractivity contribution in [2.45, 2.75) is 32.2 Å². The van der Waals surface area contributed by atoms with Gasteiger partial charge in [-0.3, -0.25) is 0 Å². The van der Waals surface area contributed by atoms with Crippen LogP contribution in [0.2, 0.25) is 0 Å². The van der Waals surface area contributed by atoms with E-state index < -0.39 is 0 Å². The number of hydrogen-bond acceptors (Lipinski definition) is 2. The van der Waals surface area contributed by atoms with Crippen LogP contribution in [0, 0.1) is 0 Å². The highest BCUT2D eigenvalue weighted by Gasteiger charge is 2.08. The van der Waals surface area contributed by atoms with Crippen molar-refractivity contribution >= 4 is 15.9 Å². The molecule has 3 heteroatoms. The van der Waals surface area contributed by atoms with Gasteiger partial charge in [0, 0.05) is 10.0 Å². The van der Waals surface area contributed by atoms with Crippen molar-refractivity contribution in [1.82, 2.24) is 5.32 Å². The number of rotatable bonds is 6. The summed E-state index contributed by atoms with van der Waals surface area (Å²) >= 11 is 3.55. The van der Waals surface area contributed by atoms with Gasteiger partial charge < -0.3 is 11.1 Å². The Morgan fingerprint density at radius 2 is 1.94 bits per heavy atom. The predicted molar refractivity (Wildman–Crippen MR) is 73.6 cm³/mol. The molecule has 0 saturated heterocycles. The Balaban J connectivity index is 2.19. The van der Waals surface area contributed by atoms with E-state index in [-0.39, 0.29) is 5.54 Å². The maximum absolute atomic E-state index is 5.91. The lowest BCUT2D eigenvalue weighted by Gasteiger charge is -2.18. The summed E-state index contributed by atoms with van der Waals surface area (Å²) in [6, 6.07) is 8.35. The van der Waals surface area contributed by atoms with E-state index in [1.54, 1.807) is 0 Å². The first-order chi connectivity index (χ1) is 7.49. The zero-order valence-electron chi connectivity index (χ0n) is 10.1. The van der Waals surface area contributed by atoms with Crippen molar-refractivity contribution in [3.8, 4) is 0 Å². The van der Waals surface area contributed by atoms with E-state index in [0.717, 1.165) is 25.9 Å². The molecule has 1 aromatic rings. The van der Waals surface area contributed by atoms with Gasteiger partial charge in [-0.05, 0) is 51.4 Å². The maximum atomic E-state index is 5.91. The fourth-order valence-corrected chi connectivity index (χ4v) is 1.94. The molecule has 1 aromatic carbocycles. The van der Waals surface area contributed by atoms with Crippen molar-refractivity contribution < 1.29 is 0 Å². The van der Waals surface area contributed by atoms with Gasteiger partial charge in [0.1, 0.15) is 0 Å². The molecule has 0 aliphatic rings. The molecule has 0 radical (unpaired) electrons. The van der Waals surface area contributed by atoms with Crippen LogP contribution in [0.25, 0.3) is 0 Å². The van der Waals surface area contributed by atoms with E-state index in [2.05, 4.69) is 53.3 Å². The van der Waals surface area contributed by atoms with Gasteiger partial charge in [-0.15, -0.1) is 0 Å². The monoisotopic (exact) mass is 284 g/mol. The Labute approximate surface area is 107 Å². The average molecular weight is 285 g/mol. The second-order valence-corrected chi connectivity index (χ2v) is 5.68. The third kappa shape index (κ3) is 5.64. The van der Waals surface area contributed by atoms with Gasteiger partial charge in [-0.1, -0.05) is 34.1 Å². The summed E-state index contributed by atoms with van der Waals surface area (Å²) in [5.74, 6) is 0. The lowest BCUT2D eigenvalue weighted by Crippen LogP contribution is -2.36. The second-order valence-electron chi connectivity index (χ2n) is 4.83. The smallest absolute Gasteiger partial charge is 0.0207 e. The maximum Gasteiger partial charge on any atom is 0.0207 e. The molecule has 0 fully saturated rings. The summed E-state index contributed by atoms with van der Waals surface area (Å²) in [5, 5.41) is 3.42. The summed E-state index contributed by atoms with van der Waals surface area (Å²) < 4.78 is 1.19. The lowest BCUT2D eigenvalue weighted by molar-refractivity contribution is 0.456.